The minimum Gasteiger partial charge on any atom is -0.394 e. The van der Waals surface area contributed by atoms with Gasteiger partial charge in [0.2, 0.25) is 5.82 Å². The number of nitro benzene ring substituents is 1. The Hall–Kier alpha value is -2.02. The molecule has 2 rings (SSSR count). The molecule has 1 aromatic rings. The summed E-state index contributed by atoms with van der Waals surface area (Å²) in [5.74, 6) is -1.52. The van der Waals surface area contributed by atoms with E-state index in [0.717, 1.165) is 25.0 Å². The van der Waals surface area contributed by atoms with E-state index in [-0.39, 0.29) is 12.2 Å². The van der Waals surface area contributed by atoms with Crippen molar-refractivity contribution in [2.45, 2.75) is 31.2 Å². The van der Waals surface area contributed by atoms with Gasteiger partial charge in [-0.1, -0.05) is 12.8 Å². The number of nitrogens with zero attached hydrogens (tertiary/aromatic N) is 1. The molecule has 1 saturated carbocycles. The maximum atomic E-state index is 13.2. The quantitative estimate of drug-likeness (QED) is 0.650. The van der Waals surface area contributed by atoms with E-state index >= 15 is 0 Å². The van der Waals surface area contributed by atoms with Gasteiger partial charge in [-0.3, -0.25) is 14.9 Å². The minimum atomic E-state index is -0.982. The van der Waals surface area contributed by atoms with Crippen molar-refractivity contribution in [2.24, 2.45) is 0 Å². The van der Waals surface area contributed by atoms with Crippen LogP contribution in [-0.2, 0) is 0 Å². The van der Waals surface area contributed by atoms with Gasteiger partial charge in [0.1, 0.15) is 0 Å². The van der Waals surface area contributed by atoms with Gasteiger partial charge in [0.15, 0.2) is 0 Å². The summed E-state index contributed by atoms with van der Waals surface area (Å²) >= 11 is 0. The summed E-state index contributed by atoms with van der Waals surface area (Å²) in [4.78, 5) is 21.9. The molecule has 1 aliphatic carbocycles. The highest BCUT2D eigenvalue weighted by molar-refractivity contribution is 5.95. The highest BCUT2D eigenvalue weighted by Gasteiger charge is 2.35. The summed E-state index contributed by atoms with van der Waals surface area (Å²) in [5, 5.41) is 22.8. The van der Waals surface area contributed by atoms with Crippen molar-refractivity contribution in [3.05, 3.63) is 39.7 Å². The molecule has 0 heterocycles. The third-order valence-electron chi connectivity index (χ3n) is 3.65. The normalized spacial score (nSPS) is 16.9. The topological polar surface area (TPSA) is 92.5 Å². The molecule has 0 unspecified atom stereocenters. The monoisotopic (exact) mass is 282 g/mol. The molecule has 0 spiro atoms. The number of nitro groups is 1. The Morgan fingerprint density at radius 2 is 2.10 bits per heavy atom. The van der Waals surface area contributed by atoms with E-state index in [0.29, 0.717) is 12.8 Å². The summed E-state index contributed by atoms with van der Waals surface area (Å²) in [5.41, 5.74) is -1.39. The Kier molecular flexibility index (Phi) is 3.99. The fraction of sp³-hybridized carbons (Fsp3) is 0.462. The van der Waals surface area contributed by atoms with Crippen LogP contribution < -0.4 is 5.32 Å². The van der Waals surface area contributed by atoms with Gasteiger partial charge in [-0.15, -0.1) is 0 Å². The second-order valence-electron chi connectivity index (χ2n) is 5.02. The summed E-state index contributed by atoms with van der Waals surface area (Å²) < 4.78 is 13.2. The Balaban J connectivity index is 2.21. The number of carbonyl (C=O) groups is 1. The highest BCUT2D eigenvalue weighted by atomic mass is 19.1. The number of carbonyl (C=O) groups excluding carboxylic acids is 1. The van der Waals surface area contributed by atoms with Crippen molar-refractivity contribution >= 4 is 11.6 Å². The number of hydrogen-bond donors (Lipinski definition) is 2. The van der Waals surface area contributed by atoms with Gasteiger partial charge in [-0.05, 0) is 25.0 Å². The molecule has 7 heteroatoms. The molecule has 0 aromatic heterocycles. The lowest BCUT2D eigenvalue weighted by Crippen LogP contribution is -2.49. The van der Waals surface area contributed by atoms with Crippen LogP contribution in [0.4, 0.5) is 10.1 Å². The number of hydrogen-bond acceptors (Lipinski definition) is 4. The molecule has 108 valence electrons. The van der Waals surface area contributed by atoms with Gasteiger partial charge < -0.3 is 10.4 Å². The Morgan fingerprint density at radius 1 is 1.45 bits per heavy atom. The van der Waals surface area contributed by atoms with Crippen LogP contribution in [0, 0.1) is 15.9 Å². The molecule has 1 aliphatic rings. The first kappa shape index (κ1) is 14.4. The molecule has 0 bridgehead atoms. The van der Waals surface area contributed by atoms with E-state index in [4.69, 9.17) is 0 Å². The second-order valence-corrected chi connectivity index (χ2v) is 5.02. The number of benzene rings is 1. The molecular formula is C13H15FN2O4. The van der Waals surface area contributed by atoms with Gasteiger partial charge >= 0.3 is 5.69 Å². The largest absolute Gasteiger partial charge is 0.394 e. The van der Waals surface area contributed by atoms with E-state index in [2.05, 4.69) is 5.32 Å². The smallest absolute Gasteiger partial charge is 0.305 e. The zero-order valence-corrected chi connectivity index (χ0v) is 10.8. The average molecular weight is 282 g/mol. The van der Waals surface area contributed by atoms with Crippen molar-refractivity contribution in [1.29, 1.82) is 0 Å². The summed E-state index contributed by atoms with van der Waals surface area (Å²) in [6, 6.07) is 3.00. The first-order valence-electron chi connectivity index (χ1n) is 6.35. The van der Waals surface area contributed by atoms with Crippen molar-refractivity contribution < 1.29 is 19.2 Å². The molecule has 1 amide bonds. The van der Waals surface area contributed by atoms with Gasteiger partial charge in [0.25, 0.3) is 5.91 Å². The van der Waals surface area contributed by atoms with E-state index in [1.165, 1.54) is 6.07 Å². The third-order valence-corrected chi connectivity index (χ3v) is 3.65. The van der Waals surface area contributed by atoms with Crippen LogP contribution in [0.1, 0.15) is 36.0 Å². The van der Waals surface area contributed by atoms with Crippen molar-refractivity contribution in [1.82, 2.24) is 5.32 Å². The third kappa shape index (κ3) is 2.77. The molecule has 1 fully saturated rings. The molecule has 6 nitrogen and oxygen atoms in total. The van der Waals surface area contributed by atoms with E-state index in [9.17, 15) is 24.4 Å². The molecule has 20 heavy (non-hydrogen) atoms. The minimum absolute atomic E-state index is 0.0119. The predicted molar refractivity (Wildman–Crippen MR) is 68.8 cm³/mol. The van der Waals surface area contributed by atoms with Gasteiger partial charge in [-0.25, -0.2) is 0 Å². The van der Waals surface area contributed by atoms with E-state index in [1.54, 1.807) is 0 Å². The van der Waals surface area contributed by atoms with E-state index < -0.39 is 27.9 Å². The average Bonchev–Trinajstić information content (AvgIpc) is 2.88. The first-order chi connectivity index (χ1) is 9.47. The van der Waals surface area contributed by atoms with Crippen LogP contribution in [0.25, 0.3) is 0 Å². The summed E-state index contributed by atoms with van der Waals surface area (Å²) in [7, 11) is 0. The van der Waals surface area contributed by atoms with Crippen molar-refractivity contribution in [3.8, 4) is 0 Å². The van der Waals surface area contributed by atoms with Crippen LogP contribution in [0.3, 0.4) is 0 Å². The van der Waals surface area contributed by atoms with E-state index in [1.807, 2.05) is 0 Å². The standard InChI is InChI=1S/C13H15FN2O4/c14-10-4-3-9(7-11(10)16(19)20)12(18)15-13(8-17)5-1-2-6-13/h3-4,7,17H,1-2,5-6,8H2,(H,15,18). The van der Waals surface area contributed by atoms with Crippen LogP contribution in [-0.4, -0.2) is 28.1 Å². The van der Waals surface area contributed by atoms with Gasteiger partial charge in [0, 0.05) is 11.6 Å². The van der Waals surface area contributed by atoms with Crippen LogP contribution in [0.2, 0.25) is 0 Å². The zero-order chi connectivity index (χ0) is 14.8. The lowest BCUT2D eigenvalue weighted by atomic mass is 9.98. The Bertz CT molecular complexity index is 541. The summed E-state index contributed by atoms with van der Waals surface area (Å²) in [6.07, 6.45) is 3.14. The molecule has 2 N–H and O–H groups in total. The lowest BCUT2D eigenvalue weighted by Gasteiger charge is -2.27. The summed E-state index contributed by atoms with van der Waals surface area (Å²) in [6.45, 7) is -0.179. The number of aliphatic hydroxyl groups is 1. The fourth-order valence-corrected chi connectivity index (χ4v) is 2.48. The maximum absolute atomic E-state index is 13.2. The second kappa shape index (κ2) is 5.54. The number of aliphatic hydroxyl groups excluding tert-OH is 1. The first-order valence-corrected chi connectivity index (χ1v) is 6.35. The molecule has 0 atom stereocenters. The molecule has 0 aliphatic heterocycles. The van der Waals surface area contributed by atoms with Gasteiger partial charge in [-0.2, -0.15) is 4.39 Å². The van der Waals surface area contributed by atoms with Crippen LogP contribution >= 0.6 is 0 Å². The van der Waals surface area contributed by atoms with Gasteiger partial charge in [0.05, 0.1) is 17.1 Å². The predicted octanol–water partition coefficient (Wildman–Crippen LogP) is 1.77. The SMILES string of the molecule is O=C(NC1(CO)CCCC1)c1ccc(F)c([N+](=O)[O-])c1. The molecule has 0 radical (unpaired) electrons. The number of rotatable bonds is 4. The Morgan fingerprint density at radius 3 is 2.65 bits per heavy atom. The molecular weight excluding hydrogens is 267 g/mol. The van der Waals surface area contributed by atoms with Crippen molar-refractivity contribution in [3.63, 3.8) is 0 Å². The maximum Gasteiger partial charge on any atom is 0.305 e. The highest BCUT2D eigenvalue weighted by Crippen LogP contribution is 2.29. The van der Waals surface area contributed by atoms with Crippen LogP contribution in [0.15, 0.2) is 18.2 Å². The zero-order valence-electron chi connectivity index (χ0n) is 10.8. The lowest BCUT2D eigenvalue weighted by molar-refractivity contribution is -0.387. The number of amides is 1. The molecule has 1 aromatic carbocycles. The van der Waals surface area contributed by atoms with Crippen LogP contribution in [0.5, 0.6) is 0 Å². The number of nitrogens with one attached hydrogen (secondary N) is 1. The van der Waals surface area contributed by atoms with Crippen molar-refractivity contribution in [2.75, 3.05) is 6.61 Å². The molecule has 0 saturated heterocycles. The number of halogens is 1. The fourth-order valence-electron chi connectivity index (χ4n) is 2.48. The Labute approximate surface area is 114 Å².